The van der Waals surface area contributed by atoms with Crippen LogP contribution < -0.4 is 10.5 Å². The van der Waals surface area contributed by atoms with Crippen LogP contribution in [0.1, 0.15) is 12.5 Å². The summed E-state index contributed by atoms with van der Waals surface area (Å²) in [5.74, 6) is -0.0937. The minimum absolute atomic E-state index is 0.0937. The zero-order valence-electron chi connectivity index (χ0n) is 8.46. The third kappa shape index (κ3) is 2.85. The molecule has 0 aliphatic heterocycles. The Labute approximate surface area is 90.0 Å². The van der Waals surface area contributed by atoms with Crippen molar-refractivity contribution in [2.24, 2.45) is 5.73 Å². The van der Waals surface area contributed by atoms with Crippen LogP contribution >= 0.6 is 0 Å². The summed E-state index contributed by atoms with van der Waals surface area (Å²) in [6, 6.07) is 4.83. The average molecular weight is 237 g/mol. The Kier molecular flexibility index (Phi) is 3.74. The molecule has 1 unspecified atom stereocenters. The summed E-state index contributed by atoms with van der Waals surface area (Å²) < 4.78 is 52.8. The topological polar surface area (TPSA) is 35.2 Å². The molecule has 2 N–H and O–H groups in total. The first-order valence-corrected chi connectivity index (χ1v) is 4.46. The van der Waals surface area contributed by atoms with Crippen LogP contribution in [0.2, 0.25) is 0 Å². The summed E-state index contributed by atoms with van der Waals surface area (Å²) in [7, 11) is 0. The molecule has 0 heterocycles. The smallest absolute Gasteiger partial charge is 0.387 e. The molecule has 1 aromatic carbocycles. The van der Waals surface area contributed by atoms with Gasteiger partial charge in [0.2, 0.25) is 0 Å². The van der Waals surface area contributed by atoms with Gasteiger partial charge >= 0.3 is 6.61 Å². The summed E-state index contributed by atoms with van der Waals surface area (Å²) in [5.41, 5.74) is 3.75. The maximum Gasteiger partial charge on any atom is 0.387 e. The largest absolute Gasteiger partial charge is 0.435 e. The van der Waals surface area contributed by atoms with Crippen LogP contribution in [-0.4, -0.2) is 13.0 Å². The predicted octanol–water partition coefficient (Wildman–Crippen LogP) is 2.73. The van der Waals surface area contributed by atoms with E-state index in [0.717, 1.165) is 0 Å². The van der Waals surface area contributed by atoms with Crippen LogP contribution in [0.25, 0.3) is 0 Å². The van der Waals surface area contributed by atoms with Crippen molar-refractivity contribution < 1.29 is 22.3 Å². The molecule has 90 valence electrons. The molecule has 0 amide bonds. The minimum atomic E-state index is -2.94. The zero-order valence-corrected chi connectivity index (χ0v) is 8.46. The Bertz CT molecular complexity index is 337. The fraction of sp³-hybridized carbons (Fsp3) is 0.400. The minimum Gasteiger partial charge on any atom is -0.435 e. The number of hydrogen-bond donors (Lipinski definition) is 1. The maximum absolute atomic E-state index is 12.5. The second-order valence-electron chi connectivity index (χ2n) is 3.49. The molecule has 2 nitrogen and oxygen atoms in total. The zero-order chi connectivity index (χ0) is 12.3. The van der Waals surface area contributed by atoms with Gasteiger partial charge in [0, 0.05) is 0 Å². The number of alkyl halides is 4. The van der Waals surface area contributed by atoms with E-state index in [4.69, 9.17) is 5.73 Å². The van der Waals surface area contributed by atoms with E-state index < -0.39 is 18.6 Å². The van der Waals surface area contributed by atoms with Crippen molar-refractivity contribution in [3.05, 3.63) is 29.8 Å². The van der Waals surface area contributed by atoms with E-state index in [9.17, 15) is 17.6 Å². The Morgan fingerprint density at radius 3 is 2.00 bits per heavy atom. The van der Waals surface area contributed by atoms with Gasteiger partial charge in [-0.05, 0) is 24.6 Å². The number of nitrogens with two attached hydrogens (primary N) is 1. The summed E-state index contributed by atoms with van der Waals surface area (Å²) in [6.07, 6.45) is -2.74. The van der Waals surface area contributed by atoms with Gasteiger partial charge in [-0.15, -0.1) is 0 Å². The van der Waals surface area contributed by atoms with Gasteiger partial charge in [-0.25, -0.2) is 8.78 Å². The number of rotatable bonds is 4. The highest BCUT2D eigenvalue weighted by molar-refractivity contribution is 5.31. The van der Waals surface area contributed by atoms with Crippen LogP contribution in [0.3, 0.4) is 0 Å². The van der Waals surface area contributed by atoms with Crippen LogP contribution in [0.5, 0.6) is 5.75 Å². The molecule has 1 atom stereocenters. The molecule has 1 rings (SSSR count). The SMILES string of the molecule is CC(N)(c1ccc(OC(F)F)cc1)C(F)F. The third-order valence-corrected chi connectivity index (χ3v) is 2.15. The van der Waals surface area contributed by atoms with Crippen molar-refractivity contribution >= 4 is 0 Å². The van der Waals surface area contributed by atoms with Crippen LogP contribution in [0.15, 0.2) is 24.3 Å². The van der Waals surface area contributed by atoms with Crippen molar-refractivity contribution in [3.8, 4) is 5.75 Å². The van der Waals surface area contributed by atoms with Crippen LogP contribution in [0, 0.1) is 0 Å². The molecule has 0 fully saturated rings. The second kappa shape index (κ2) is 4.69. The lowest BCUT2D eigenvalue weighted by Crippen LogP contribution is -2.40. The number of ether oxygens (including phenoxy) is 1. The molecule has 0 aliphatic carbocycles. The highest BCUT2D eigenvalue weighted by atomic mass is 19.3. The maximum atomic E-state index is 12.5. The van der Waals surface area contributed by atoms with Crippen molar-refractivity contribution in [1.29, 1.82) is 0 Å². The Hall–Kier alpha value is -1.30. The monoisotopic (exact) mass is 237 g/mol. The molecule has 0 spiro atoms. The highest BCUT2D eigenvalue weighted by Gasteiger charge is 2.32. The molecule has 0 bridgehead atoms. The Morgan fingerprint density at radius 1 is 1.12 bits per heavy atom. The lowest BCUT2D eigenvalue weighted by atomic mass is 9.94. The quantitative estimate of drug-likeness (QED) is 0.817. The van der Waals surface area contributed by atoms with Crippen molar-refractivity contribution in [3.63, 3.8) is 0 Å². The van der Waals surface area contributed by atoms with Gasteiger partial charge in [0.1, 0.15) is 5.75 Å². The van der Waals surface area contributed by atoms with Crippen molar-refractivity contribution in [2.75, 3.05) is 0 Å². The van der Waals surface area contributed by atoms with E-state index in [1.807, 2.05) is 0 Å². The van der Waals surface area contributed by atoms with Crippen molar-refractivity contribution in [2.45, 2.75) is 25.5 Å². The summed E-state index contributed by atoms with van der Waals surface area (Å²) in [5, 5.41) is 0. The number of hydrogen-bond acceptors (Lipinski definition) is 2. The first kappa shape index (κ1) is 12.8. The van der Waals surface area contributed by atoms with E-state index in [0.29, 0.717) is 0 Å². The van der Waals surface area contributed by atoms with Gasteiger partial charge in [-0.3, -0.25) is 0 Å². The fourth-order valence-electron chi connectivity index (χ4n) is 1.12. The van der Waals surface area contributed by atoms with Gasteiger partial charge in [0.15, 0.2) is 0 Å². The lowest BCUT2D eigenvalue weighted by molar-refractivity contribution is -0.0498. The molecule has 0 radical (unpaired) electrons. The highest BCUT2D eigenvalue weighted by Crippen LogP contribution is 2.27. The van der Waals surface area contributed by atoms with Gasteiger partial charge < -0.3 is 10.5 Å². The lowest BCUT2D eigenvalue weighted by Gasteiger charge is -2.24. The first-order valence-electron chi connectivity index (χ1n) is 4.46. The Morgan fingerprint density at radius 2 is 1.62 bits per heavy atom. The van der Waals surface area contributed by atoms with E-state index in [1.165, 1.54) is 31.2 Å². The van der Waals surface area contributed by atoms with Gasteiger partial charge in [-0.1, -0.05) is 12.1 Å². The molecule has 0 saturated carbocycles. The van der Waals surface area contributed by atoms with Gasteiger partial charge in [0.25, 0.3) is 6.43 Å². The molecule has 0 aromatic heterocycles. The molecule has 0 saturated heterocycles. The van der Waals surface area contributed by atoms with E-state index >= 15 is 0 Å². The number of benzene rings is 1. The average Bonchev–Trinajstić information content (AvgIpc) is 2.17. The molecular weight excluding hydrogens is 226 g/mol. The van der Waals surface area contributed by atoms with E-state index in [1.54, 1.807) is 0 Å². The molecule has 6 heteroatoms. The molecular formula is C10H11F4NO. The van der Waals surface area contributed by atoms with E-state index in [2.05, 4.69) is 4.74 Å². The molecule has 0 aliphatic rings. The number of halogens is 4. The Balaban J connectivity index is 2.86. The third-order valence-electron chi connectivity index (χ3n) is 2.15. The van der Waals surface area contributed by atoms with E-state index in [-0.39, 0.29) is 11.3 Å². The predicted molar refractivity (Wildman–Crippen MR) is 50.6 cm³/mol. The van der Waals surface area contributed by atoms with Gasteiger partial charge in [-0.2, -0.15) is 8.78 Å². The molecule has 16 heavy (non-hydrogen) atoms. The normalized spacial score (nSPS) is 15.2. The second-order valence-corrected chi connectivity index (χ2v) is 3.49. The van der Waals surface area contributed by atoms with Gasteiger partial charge in [0.05, 0.1) is 5.54 Å². The standard InChI is InChI=1S/C10H11F4NO/c1-10(15,8(11)12)6-2-4-7(5-3-6)16-9(13)14/h2-5,8-9H,15H2,1H3. The summed E-state index contributed by atoms with van der Waals surface area (Å²) in [4.78, 5) is 0. The van der Waals surface area contributed by atoms with Crippen LogP contribution in [-0.2, 0) is 5.54 Å². The van der Waals surface area contributed by atoms with Crippen molar-refractivity contribution in [1.82, 2.24) is 0 Å². The summed E-state index contributed by atoms with van der Waals surface area (Å²) >= 11 is 0. The first-order chi connectivity index (χ1) is 7.34. The fourth-order valence-corrected chi connectivity index (χ4v) is 1.12. The van der Waals surface area contributed by atoms with Crippen LogP contribution in [0.4, 0.5) is 17.6 Å². The summed E-state index contributed by atoms with van der Waals surface area (Å²) in [6.45, 7) is -1.77. The molecule has 1 aromatic rings.